The number of nitrogens with one attached hydrogen (secondary N) is 2. The highest BCUT2D eigenvalue weighted by Gasteiger charge is 2.34. The first-order chi connectivity index (χ1) is 14.1. The minimum Gasteiger partial charge on any atom is -0.327 e. The molecule has 3 aromatic rings. The van der Waals surface area contributed by atoms with Crippen LogP contribution in [0.25, 0.3) is 5.69 Å². The molecule has 11 heteroatoms. The lowest BCUT2D eigenvalue weighted by Crippen LogP contribution is -2.22. The van der Waals surface area contributed by atoms with E-state index in [-0.39, 0.29) is 11.5 Å². The highest BCUT2D eigenvalue weighted by molar-refractivity contribution is 6.35. The van der Waals surface area contributed by atoms with Crippen LogP contribution < -0.4 is 10.9 Å². The lowest BCUT2D eigenvalue weighted by Gasteiger charge is -2.12. The number of hydrogen-bond acceptors (Lipinski definition) is 3. The Morgan fingerprint density at radius 2 is 1.97 bits per heavy atom. The minimum atomic E-state index is -4.67. The number of hydrogen-bond donors (Lipinski definition) is 2. The van der Waals surface area contributed by atoms with E-state index in [4.69, 9.17) is 23.2 Å². The Morgan fingerprint density at radius 3 is 2.60 bits per heavy atom. The van der Waals surface area contributed by atoms with Crippen LogP contribution in [0.5, 0.6) is 0 Å². The number of amides is 1. The predicted octanol–water partition coefficient (Wildman–Crippen LogP) is 5.02. The van der Waals surface area contributed by atoms with Crippen molar-refractivity contribution in [1.29, 1.82) is 0 Å². The Hall–Kier alpha value is -2.78. The summed E-state index contributed by atoms with van der Waals surface area (Å²) >= 11 is 12.2. The van der Waals surface area contributed by atoms with Crippen molar-refractivity contribution in [3.8, 4) is 5.69 Å². The van der Waals surface area contributed by atoms with Crippen molar-refractivity contribution >= 4 is 34.8 Å². The molecule has 0 atom stereocenters. The molecule has 30 heavy (non-hydrogen) atoms. The van der Waals surface area contributed by atoms with Gasteiger partial charge >= 0.3 is 6.18 Å². The van der Waals surface area contributed by atoms with Crippen LogP contribution in [0.1, 0.15) is 40.4 Å². The van der Waals surface area contributed by atoms with E-state index in [9.17, 15) is 22.8 Å². The fraction of sp³-hybridized carbons (Fsp3) is 0.211. The van der Waals surface area contributed by atoms with Gasteiger partial charge in [0.1, 0.15) is 5.69 Å². The number of alkyl halides is 3. The lowest BCUT2D eigenvalue weighted by molar-refractivity contribution is -0.137. The summed E-state index contributed by atoms with van der Waals surface area (Å²) in [5.41, 5.74) is -1.20. The summed E-state index contributed by atoms with van der Waals surface area (Å²) < 4.78 is 40.3. The molecule has 1 aliphatic carbocycles. The molecule has 0 unspecified atom stereocenters. The van der Waals surface area contributed by atoms with Crippen LogP contribution in [0.15, 0.2) is 41.5 Å². The van der Waals surface area contributed by atoms with Gasteiger partial charge < -0.3 is 10.3 Å². The van der Waals surface area contributed by atoms with E-state index in [1.807, 2.05) is 4.98 Å². The molecule has 0 saturated heterocycles. The number of halogens is 5. The molecule has 0 radical (unpaired) electrons. The summed E-state index contributed by atoms with van der Waals surface area (Å²) in [4.78, 5) is 26.7. The van der Waals surface area contributed by atoms with E-state index in [1.165, 1.54) is 10.9 Å². The number of anilines is 1. The molecular weight excluding hydrogens is 444 g/mol. The Balaban J connectivity index is 1.71. The largest absolute Gasteiger partial charge is 0.417 e. The van der Waals surface area contributed by atoms with Crippen molar-refractivity contribution in [2.24, 2.45) is 0 Å². The molecule has 156 valence electrons. The quantitative estimate of drug-likeness (QED) is 0.578. The molecule has 2 heterocycles. The number of aromatic nitrogens is 3. The minimum absolute atomic E-state index is 0.0415. The smallest absolute Gasteiger partial charge is 0.327 e. The van der Waals surface area contributed by atoms with E-state index in [1.54, 1.807) is 18.2 Å². The van der Waals surface area contributed by atoms with Crippen molar-refractivity contribution in [2.75, 3.05) is 5.32 Å². The van der Waals surface area contributed by atoms with Crippen molar-refractivity contribution in [1.82, 2.24) is 14.8 Å². The number of nitrogens with zero attached hydrogens (tertiary/aromatic N) is 2. The molecule has 6 nitrogen and oxygen atoms in total. The average Bonchev–Trinajstić information content (AvgIpc) is 3.41. The molecule has 2 aromatic heterocycles. The molecule has 0 spiro atoms. The van der Waals surface area contributed by atoms with Gasteiger partial charge in [-0.3, -0.25) is 9.59 Å². The summed E-state index contributed by atoms with van der Waals surface area (Å²) in [5.74, 6) is -0.696. The number of carbonyl (C=O) groups is 1. The van der Waals surface area contributed by atoms with E-state index < -0.39 is 28.9 Å². The second kappa shape index (κ2) is 7.48. The third-order valence-electron chi connectivity index (χ3n) is 4.63. The first-order valence-corrected chi connectivity index (χ1v) is 9.55. The molecule has 1 amide bonds. The second-order valence-electron chi connectivity index (χ2n) is 6.81. The van der Waals surface area contributed by atoms with Crippen LogP contribution in [-0.2, 0) is 6.18 Å². The van der Waals surface area contributed by atoms with E-state index >= 15 is 0 Å². The van der Waals surface area contributed by atoms with Crippen molar-refractivity contribution < 1.29 is 18.0 Å². The SMILES string of the molecule is O=C(Nc1cc(C(F)(F)F)c[nH]c1=O)c1cnn(-c2ccc(Cl)cc2Cl)c1C1CC1. The van der Waals surface area contributed by atoms with Crippen LogP contribution in [0.2, 0.25) is 10.0 Å². The van der Waals surface area contributed by atoms with Gasteiger partial charge in [0.25, 0.3) is 11.5 Å². The third-order valence-corrected chi connectivity index (χ3v) is 5.17. The second-order valence-corrected chi connectivity index (χ2v) is 7.65. The zero-order valence-corrected chi connectivity index (χ0v) is 16.6. The third kappa shape index (κ3) is 3.95. The summed E-state index contributed by atoms with van der Waals surface area (Å²) in [7, 11) is 0. The van der Waals surface area contributed by atoms with Gasteiger partial charge in [0.15, 0.2) is 0 Å². The number of benzene rings is 1. The fourth-order valence-electron chi connectivity index (χ4n) is 3.06. The number of aromatic amines is 1. The maximum atomic E-state index is 12.9. The predicted molar refractivity (Wildman–Crippen MR) is 106 cm³/mol. The number of rotatable bonds is 4. The van der Waals surface area contributed by atoms with Gasteiger partial charge in [0.2, 0.25) is 0 Å². The Morgan fingerprint density at radius 1 is 1.23 bits per heavy atom. The van der Waals surface area contributed by atoms with Crippen molar-refractivity contribution in [2.45, 2.75) is 24.9 Å². The highest BCUT2D eigenvalue weighted by atomic mass is 35.5. The van der Waals surface area contributed by atoms with Crippen molar-refractivity contribution in [3.05, 3.63) is 73.9 Å². The summed E-state index contributed by atoms with van der Waals surface area (Å²) in [6.07, 6.45) is -1.17. The monoisotopic (exact) mass is 456 g/mol. The molecule has 0 aliphatic heterocycles. The topological polar surface area (TPSA) is 79.8 Å². The average molecular weight is 457 g/mol. The normalized spacial score (nSPS) is 14.0. The molecular formula is C19H13Cl2F3N4O2. The number of carbonyl (C=O) groups excluding carboxylic acids is 1. The van der Waals surface area contributed by atoms with Gasteiger partial charge in [-0.1, -0.05) is 23.2 Å². The molecule has 4 rings (SSSR count). The van der Waals surface area contributed by atoms with E-state index in [2.05, 4.69) is 10.4 Å². The zero-order valence-electron chi connectivity index (χ0n) is 15.1. The Kier molecular flexibility index (Phi) is 5.11. The van der Waals surface area contributed by atoms with Crippen LogP contribution in [0.3, 0.4) is 0 Å². The lowest BCUT2D eigenvalue weighted by atomic mass is 10.1. The molecule has 1 aromatic carbocycles. The van der Waals surface area contributed by atoms with Gasteiger partial charge in [-0.15, -0.1) is 0 Å². The van der Waals surface area contributed by atoms with Crippen LogP contribution in [0, 0.1) is 0 Å². The molecule has 2 N–H and O–H groups in total. The van der Waals surface area contributed by atoms with Gasteiger partial charge in [-0.05, 0) is 37.1 Å². The van der Waals surface area contributed by atoms with Crippen LogP contribution >= 0.6 is 23.2 Å². The molecule has 0 bridgehead atoms. The van der Waals surface area contributed by atoms with Gasteiger partial charge in [-0.2, -0.15) is 18.3 Å². The molecule has 1 saturated carbocycles. The summed E-state index contributed by atoms with van der Waals surface area (Å²) in [5, 5.41) is 7.27. The maximum Gasteiger partial charge on any atom is 0.417 e. The maximum absolute atomic E-state index is 12.9. The highest BCUT2D eigenvalue weighted by Crippen LogP contribution is 2.43. The Labute approximate surface area is 177 Å². The van der Waals surface area contributed by atoms with Gasteiger partial charge in [0, 0.05) is 17.1 Å². The standard InChI is InChI=1S/C19H13Cl2F3N4O2/c20-11-3-4-15(13(21)6-11)28-16(9-1-2-9)12(8-26-28)17(29)27-14-5-10(19(22,23)24)7-25-18(14)30/h3-9H,1-2H2,(H,25,30)(H,27,29). The number of pyridine rings is 1. The number of H-pyrrole nitrogens is 1. The van der Waals surface area contributed by atoms with E-state index in [0.29, 0.717) is 33.7 Å². The van der Waals surface area contributed by atoms with Crippen LogP contribution in [0.4, 0.5) is 18.9 Å². The first kappa shape index (κ1) is 20.5. The molecule has 1 fully saturated rings. The van der Waals surface area contributed by atoms with Crippen LogP contribution in [-0.4, -0.2) is 20.7 Å². The van der Waals surface area contributed by atoms with Crippen molar-refractivity contribution in [3.63, 3.8) is 0 Å². The van der Waals surface area contributed by atoms with Gasteiger partial charge in [-0.25, -0.2) is 4.68 Å². The first-order valence-electron chi connectivity index (χ1n) is 8.80. The summed E-state index contributed by atoms with van der Waals surface area (Å²) in [6, 6.07) is 5.42. The molecule has 1 aliphatic rings. The van der Waals surface area contributed by atoms with E-state index in [0.717, 1.165) is 12.8 Å². The Bertz CT molecular complexity index is 1200. The zero-order chi connectivity index (χ0) is 21.6. The van der Waals surface area contributed by atoms with Gasteiger partial charge in [0.05, 0.1) is 33.7 Å². The summed E-state index contributed by atoms with van der Waals surface area (Å²) in [6.45, 7) is 0. The fourth-order valence-corrected chi connectivity index (χ4v) is 3.55.